The molecule has 0 aliphatic rings. The molecule has 0 spiro atoms. The Balaban J connectivity index is 2.17. The third-order valence-electron chi connectivity index (χ3n) is 2.23. The van der Waals surface area contributed by atoms with Gasteiger partial charge in [0, 0.05) is 12.5 Å². The monoisotopic (exact) mass is 232 g/mol. The van der Waals surface area contributed by atoms with Crippen molar-refractivity contribution in [2.24, 2.45) is 0 Å². The molecule has 0 radical (unpaired) electrons. The molecule has 0 saturated heterocycles. The van der Waals surface area contributed by atoms with Crippen molar-refractivity contribution in [1.82, 2.24) is 9.97 Å². The van der Waals surface area contributed by atoms with Crippen molar-refractivity contribution in [3.8, 4) is 16.5 Å². The Morgan fingerprint density at radius 3 is 2.94 bits per heavy atom. The lowest BCUT2D eigenvalue weighted by atomic mass is 10.2. The highest BCUT2D eigenvalue weighted by Gasteiger charge is 2.07. The summed E-state index contributed by atoms with van der Waals surface area (Å²) in [6.45, 7) is 1.81. The number of fused-ring (bicyclic) bond motifs is 1. The molecule has 4 nitrogen and oxygen atoms in total. The molecule has 0 aliphatic heterocycles. The first-order valence-electron chi connectivity index (χ1n) is 4.74. The summed E-state index contributed by atoms with van der Waals surface area (Å²) in [6.07, 6.45) is 0. The van der Waals surface area contributed by atoms with E-state index in [0.29, 0.717) is 5.89 Å². The number of aromatic nitrogens is 2. The molecule has 1 aromatic carbocycles. The minimum absolute atomic E-state index is 0.0523. The van der Waals surface area contributed by atoms with Gasteiger partial charge in [-0.3, -0.25) is 0 Å². The Labute approximate surface area is 95.2 Å². The quantitative estimate of drug-likeness (QED) is 0.700. The summed E-state index contributed by atoms with van der Waals surface area (Å²) in [6, 6.07) is 5.68. The van der Waals surface area contributed by atoms with Crippen LogP contribution in [0.4, 0.5) is 0 Å². The van der Waals surface area contributed by atoms with Gasteiger partial charge in [-0.15, -0.1) is 11.3 Å². The van der Waals surface area contributed by atoms with E-state index in [1.807, 2.05) is 25.1 Å². The van der Waals surface area contributed by atoms with Crippen LogP contribution in [0, 0.1) is 6.92 Å². The van der Waals surface area contributed by atoms with Gasteiger partial charge in [-0.05, 0) is 18.2 Å². The maximum atomic E-state index is 9.20. The van der Waals surface area contributed by atoms with Crippen molar-refractivity contribution in [2.75, 3.05) is 0 Å². The molecule has 2 aromatic heterocycles. The topological polar surface area (TPSA) is 59.2 Å². The molecule has 0 saturated carbocycles. The summed E-state index contributed by atoms with van der Waals surface area (Å²) < 4.78 is 5.39. The van der Waals surface area contributed by atoms with Crippen molar-refractivity contribution < 1.29 is 9.52 Å². The highest BCUT2D eigenvalue weighted by Crippen LogP contribution is 2.28. The van der Waals surface area contributed by atoms with E-state index in [1.165, 1.54) is 11.3 Å². The summed E-state index contributed by atoms with van der Waals surface area (Å²) in [4.78, 5) is 8.26. The third-order valence-corrected chi connectivity index (χ3v) is 3.11. The lowest BCUT2D eigenvalue weighted by molar-refractivity contribution is 0.458. The van der Waals surface area contributed by atoms with E-state index < -0.39 is 0 Å². The zero-order valence-electron chi connectivity index (χ0n) is 8.47. The van der Waals surface area contributed by atoms with E-state index >= 15 is 0 Å². The van der Waals surface area contributed by atoms with Crippen LogP contribution in [-0.2, 0) is 0 Å². The molecule has 3 rings (SSSR count). The molecule has 16 heavy (non-hydrogen) atoms. The number of hydrogen-bond donors (Lipinski definition) is 1. The molecule has 2 heterocycles. The van der Waals surface area contributed by atoms with Gasteiger partial charge in [0.2, 0.25) is 5.88 Å². The third kappa shape index (κ3) is 1.45. The molecule has 80 valence electrons. The summed E-state index contributed by atoms with van der Waals surface area (Å²) in [5.74, 6) is 0.700. The fraction of sp³-hybridized carbons (Fsp3) is 0.0909. The predicted molar refractivity (Wildman–Crippen MR) is 61.5 cm³/mol. The van der Waals surface area contributed by atoms with Gasteiger partial charge in [-0.2, -0.15) is 0 Å². The molecule has 0 fully saturated rings. The highest BCUT2D eigenvalue weighted by atomic mass is 32.1. The minimum Gasteiger partial charge on any atom is -0.493 e. The number of aromatic hydroxyl groups is 1. The van der Waals surface area contributed by atoms with E-state index in [0.717, 1.165) is 21.7 Å². The van der Waals surface area contributed by atoms with Crippen LogP contribution in [0.5, 0.6) is 5.88 Å². The van der Waals surface area contributed by atoms with Gasteiger partial charge in [0.25, 0.3) is 0 Å². The molecule has 0 aliphatic carbocycles. The molecule has 0 amide bonds. The van der Waals surface area contributed by atoms with Crippen LogP contribution in [0.3, 0.4) is 0 Å². The van der Waals surface area contributed by atoms with Crippen LogP contribution in [0.25, 0.3) is 21.7 Å². The van der Waals surface area contributed by atoms with Crippen molar-refractivity contribution in [3.05, 3.63) is 29.5 Å². The summed E-state index contributed by atoms with van der Waals surface area (Å²) in [7, 11) is 0. The van der Waals surface area contributed by atoms with Crippen LogP contribution >= 0.6 is 11.3 Å². The van der Waals surface area contributed by atoms with Gasteiger partial charge in [-0.1, -0.05) is 0 Å². The largest absolute Gasteiger partial charge is 0.493 e. The van der Waals surface area contributed by atoms with Crippen LogP contribution in [0.2, 0.25) is 0 Å². The Bertz CT molecular complexity index is 657. The van der Waals surface area contributed by atoms with Gasteiger partial charge in [0.05, 0.1) is 5.38 Å². The SMILES string of the molecule is Cc1nc2cc(-c3nc(O)cs3)ccc2o1. The highest BCUT2D eigenvalue weighted by molar-refractivity contribution is 7.13. The first-order valence-corrected chi connectivity index (χ1v) is 5.62. The maximum absolute atomic E-state index is 9.20. The second kappa shape index (κ2) is 3.31. The summed E-state index contributed by atoms with van der Waals surface area (Å²) >= 11 is 1.40. The summed E-state index contributed by atoms with van der Waals surface area (Å²) in [5, 5.41) is 11.6. The zero-order chi connectivity index (χ0) is 11.1. The lowest BCUT2D eigenvalue weighted by Gasteiger charge is -1.94. The predicted octanol–water partition coefficient (Wildman–Crippen LogP) is 2.97. The minimum atomic E-state index is 0.0523. The standard InChI is InChI=1S/C11H8N2O2S/c1-6-12-8-4-7(2-3-9(8)15-6)11-13-10(14)5-16-11/h2-5,14H,1H3. The van der Waals surface area contributed by atoms with E-state index in [2.05, 4.69) is 9.97 Å². The van der Waals surface area contributed by atoms with Gasteiger partial charge in [0.1, 0.15) is 10.5 Å². The Morgan fingerprint density at radius 2 is 2.19 bits per heavy atom. The summed E-state index contributed by atoms with van der Waals surface area (Å²) in [5.41, 5.74) is 2.51. The van der Waals surface area contributed by atoms with E-state index in [-0.39, 0.29) is 5.88 Å². The Morgan fingerprint density at radius 1 is 1.31 bits per heavy atom. The van der Waals surface area contributed by atoms with Crippen molar-refractivity contribution >= 4 is 22.4 Å². The molecular weight excluding hydrogens is 224 g/mol. The van der Waals surface area contributed by atoms with Crippen LogP contribution in [-0.4, -0.2) is 15.1 Å². The number of hydrogen-bond acceptors (Lipinski definition) is 5. The average molecular weight is 232 g/mol. The fourth-order valence-corrected chi connectivity index (χ4v) is 2.25. The van der Waals surface area contributed by atoms with Crippen LogP contribution < -0.4 is 0 Å². The molecule has 1 N–H and O–H groups in total. The molecular formula is C11H8N2O2S. The van der Waals surface area contributed by atoms with E-state index in [4.69, 9.17) is 4.42 Å². The lowest BCUT2D eigenvalue weighted by Crippen LogP contribution is -1.76. The normalized spacial score (nSPS) is 11.1. The second-order valence-electron chi connectivity index (χ2n) is 3.43. The van der Waals surface area contributed by atoms with Crippen LogP contribution in [0.15, 0.2) is 28.0 Å². The van der Waals surface area contributed by atoms with Crippen LogP contribution in [0.1, 0.15) is 5.89 Å². The van der Waals surface area contributed by atoms with Crippen molar-refractivity contribution in [1.29, 1.82) is 0 Å². The number of aryl methyl sites for hydroxylation is 1. The van der Waals surface area contributed by atoms with Crippen molar-refractivity contribution in [2.45, 2.75) is 6.92 Å². The van der Waals surface area contributed by atoms with Gasteiger partial charge < -0.3 is 9.52 Å². The Kier molecular flexibility index (Phi) is 1.94. The molecule has 3 aromatic rings. The van der Waals surface area contributed by atoms with E-state index in [9.17, 15) is 5.11 Å². The Hall–Kier alpha value is -1.88. The molecule has 0 bridgehead atoms. The second-order valence-corrected chi connectivity index (χ2v) is 4.28. The van der Waals surface area contributed by atoms with Gasteiger partial charge in [-0.25, -0.2) is 9.97 Å². The first-order chi connectivity index (χ1) is 7.72. The number of thiazole rings is 1. The number of benzene rings is 1. The number of nitrogens with zero attached hydrogens (tertiary/aromatic N) is 2. The number of oxazole rings is 1. The van der Waals surface area contributed by atoms with Crippen molar-refractivity contribution in [3.63, 3.8) is 0 Å². The first kappa shape index (κ1) is 9.35. The van der Waals surface area contributed by atoms with E-state index in [1.54, 1.807) is 5.38 Å². The number of rotatable bonds is 1. The molecule has 0 unspecified atom stereocenters. The maximum Gasteiger partial charge on any atom is 0.222 e. The average Bonchev–Trinajstić information content (AvgIpc) is 2.81. The zero-order valence-corrected chi connectivity index (χ0v) is 9.28. The smallest absolute Gasteiger partial charge is 0.222 e. The molecule has 0 atom stereocenters. The fourth-order valence-electron chi connectivity index (χ4n) is 1.57. The molecule has 5 heteroatoms. The van der Waals surface area contributed by atoms with Gasteiger partial charge in [0.15, 0.2) is 11.5 Å². The van der Waals surface area contributed by atoms with Gasteiger partial charge >= 0.3 is 0 Å².